The summed E-state index contributed by atoms with van der Waals surface area (Å²) in [7, 11) is 0. The van der Waals surface area contributed by atoms with Crippen LogP contribution in [0.2, 0.25) is 0 Å². The number of carbonyl (C=O) groups excluding carboxylic acids is 2. The molecule has 1 aromatic rings. The molecule has 0 spiro atoms. The summed E-state index contributed by atoms with van der Waals surface area (Å²) >= 11 is 0. The number of benzene rings is 1. The highest BCUT2D eigenvalue weighted by atomic mass is 16.5. The Balaban J connectivity index is 2.52. The van der Waals surface area contributed by atoms with E-state index in [-0.39, 0.29) is 12.5 Å². The first-order chi connectivity index (χ1) is 9.89. The number of nitrogens with zero attached hydrogens (tertiary/aromatic N) is 1. The van der Waals surface area contributed by atoms with Crippen LogP contribution in [0.4, 0.5) is 11.4 Å². The first-order valence-corrected chi connectivity index (χ1v) is 7.01. The fraction of sp³-hybridized carbons (Fsp3) is 0.467. The molecule has 1 aliphatic rings. The number of carbonyl (C=O) groups is 2. The van der Waals surface area contributed by atoms with E-state index < -0.39 is 11.5 Å². The van der Waals surface area contributed by atoms with Crippen LogP contribution in [-0.4, -0.2) is 37.1 Å². The highest BCUT2D eigenvalue weighted by molar-refractivity contribution is 6.01. The summed E-state index contributed by atoms with van der Waals surface area (Å²) in [5.74, 6) is -0.520. The van der Waals surface area contributed by atoms with Crippen LogP contribution in [0.1, 0.15) is 31.1 Å². The molecule has 1 fully saturated rings. The van der Waals surface area contributed by atoms with Crippen LogP contribution in [0.5, 0.6) is 0 Å². The number of nitrogen functional groups attached to an aromatic ring is 1. The van der Waals surface area contributed by atoms with Crippen LogP contribution in [0.3, 0.4) is 0 Å². The van der Waals surface area contributed by atoms with Gasteiger partial charge in [0, 0.05) is 13.1 Å². The van der Waals surface area contributed by atoms with Crippen molar-refractivity contribution in [1.29, 1.82) is 0 Å². The van der Waals surface area contributed by atoms with Gasteiger partial charge in [-0.25, -0.2) is 4.79 Å². The summed E-state index contributed by atoms with van der Waals surface area (Å²) in [5.41, 5.74) is 6.70. The topological polar surface area (TPSA) is 84.7 Å². The zero-order valence-corrected chi connectivity index (χ0v) is 12.6. The normalized spacial score (nSPS) is 17.3. The number of hydrogen-bond acceptors (Lipinski definition) is 5. The molecule has 1 amide bonds. The molecule has 0 aliphatic carbocycles. The largest absolute Gasteiger partial charge is 0.462 e. The summed E-state index contributed by atoms with van der Waals surface area (Å²) < 4.78 is 5.09. The van der Waals surface area contributed by atoms with Gasteiger partial charge in [-0.2, -0.15) is 0 Å². The first kappa shape index (κ1) is 15.2. The molecule has 114 valence electrons. The Hall–Kier alpha value is -2.24. The molecule has 1 aromatic carbocycles. The second-order valence-corrected chi connectivity index (χ2v) is 5.43. The average Bonchev–Trinajstić information content (AvgIpc) is 2.42. The predicted octanol–water partition coefficient (Wildman–Crippen LogP) is 1.16. The minimum Gasteiger partial charge on any atom is -0.462 e. The molecule has 0 saturated carbocycles. The van der Waals surface area contributed by atoms with Gasteiger partial charge in [0.15, 0.2) is 0 Å². The maximum Gasteiger partial charge on any atom is 0.340 e. The number of esters is 1. The van der Waals surface area contributed by atoms with E-state index >= 15 is 0 Å². The molecular formula is C15H21N3O3. The molecule has 21 heavy (non-hydrogen) atoms. The molecule has 0 radical (unpaired) electrons. The number of para-hydroxylation sites is 1. The highest BCUT2D eigenvalue weighted by Gasteiger charge is 2.40. The first-order valence-electron chi connectivity index (χ1n) is 7.01. The smallest absolute Gasteiger partial charge is 0.340 e. The van der Waals surface area contributed by atoms with Gasteiger partial charge in [-0.3, -0.25) is 4.79 Å². The zero-order chi connectivity index (χ0) is 15.6. The third-order valence-corrected chi connectivity index (χ3v) is 3.68. The van der Waals surface area contributed by atoms with Crippen molar-refractivity contribution in [3.05, 3.63) is 23.8 Å². The molecule has 0 aromatic heterocycles. The number of nitrogens with two attached hydrogens (primary N) is 1. The minimum absolute atomic E-state index is 0.0909. The fourth-order valence-electron chi connectivity index (χ4n) is 2.53. The van der Waals surface area contributed by atoms with Crippen molar-refractivity contribution in [3.63, 3.8) is 0 Å². The van der Waals surface area contributed by atoms with E-state index in [2.05, 4.69) is 5.32 Å². The summed E-state index contributed by atoms with van der Waals surface area (Å²) in [4.78, 5) is 26.1. The van der Waals surface area contributed by atoms with Crippen LogP contribution < -0.4 is 16.0 Å². The number of piperazine rings is 1. The average molecular weight is 291 g/mol. The Morgan fingerprint density at radius 1 is 1.48 bits per heavy atom. The van der Waals surface area contributed by atoms with Crippen molar-refractivity contribution in [2.45, 2.75) is 26.3 Å². The lowest BCUT2D eigenvalue weighted by atomic mass is 9.96. The third-order valence-electron chi connectivity index (χ3n) is 3.68. The number of amides is 1. The van der Waals surface area contributed by atoms with E-state index in [0.717, 1.165) is 0 Å². The zero-order valence-electron chi connectivity index (χ0n) is 12.6. The van der Waals surface area contributed by atoms with Gasteiger partial charge in [0.2, 0.25) is 5.91 Å². The van der Waals surface area contributed by atoms with E-state index in [1.807, 2.05) is 18.7 Å². The van der Waals surface area contributed by atoms with Gasteiger partial charge in [0.1, 0.15) is 5.54 Å². The highest BCUT2D eigenvalue weighted by Crippen LogP contribution is 2.34. The van der Waals surface area contributed by atoms with Crippen LogP contribution in [0.15, 0.2) is 18.2 Å². The van der Waals surface area contributed by atoms with Gasteiger partial charge in [-0.1, -0.05) is 6.07 Å². The van der Waals surface area contributed by atoms with Crippen LogP contribution >= 0.6 is 0 Å². The summed E-state index contributed by atoms with van der Waals surface area (Å²) in [6.45, 7) is 6.75. The molecule has 0 atom stereocenters. The van der Waals surface area contributed by atoms with Crippen molar-refractivity contribution in [1.82, 2.24) is 5.32 Å². The predicted molar refractivity (Wildman–Crippen MR) is 81.2 cm³/mol. The Labute approximate surface area is 124 Å². The van der Waals surface area contributed by atoms with E-state index in [0.29, 0.717) is 30.0 Å². The van der Waals surface area contributed by atoms with E-state index in [1.54, 1.807) is 25.1 Å². The molecule has 1 saturated heterocycles. The van der Waals surface area contributed by atoms with Crippen molar-refractivity contribution in [2.75, 3.05) is 30.3 Å². The maximum atomic E-state index is 12.1. The Kier molecular flexibility index (Phi) is 4.06. The monoisotopic (exact) mass is 291 g/mol. The lowest BCUT2D eigenvalue weighted by molar-refractivity contribution is -0.126. The molecule has 1 heterocycles. The summed E-state index contributed by atoms with van der Waals surface area (Å²) in [6.07, 6.45) is 0. The molecule has 0 unspecified atom stereocenters. The third kappa shape index (κ3) is 2.66. The molecular weight excluding hydrogens is 270 g/mol. The Morgan fingerprint density at radius 2 is 2.19 bits per heavy atom. The number of nitrogens with one attached hydrogen (secondary N) is 1. The number of hydrogen-bond donors (Lipinski definition) is 2. The van der Waals surface area contributed by atoms with E-state index in [4.69, 9.17) is 10.5 Å². The van der Waals surface area contributed by atoms with E-state index in [9.17, 15) is 9.59 Å². The quantitative estimate of drug-likeness (QED) is 0.645. The second kappa shape index (κ2) is 5.63. The van der Waals surface area contributed by atoms with Crippen LogP contribution in [0, 0.1) is 0 Å². The molecule has 1 aliphatic heterocycles. The van der Waals surface area contributed by atoms with E-state index in [1.165, 1.54) is 0 Å². The standard InChI is InChI=1S/C15H21N3O3/c1-4-21-13(19)10-6-5-7-11(16)12(10)18-9-8-17-14(20)15(18,2)3/h5-7H,4,8-9,16H2,1-3H3,(H,17,20). The second-order valence-electron chi connectivity index (χ2n) is 5.43. The van der Waals surface area contributed by atoms with Crippen LogP contribution in [-0.2, 0) is 9.53 Å². The number of rotatable bonds is 3. The summed E-state index contributed by atoms with van der Waals surface area (Å²) in [5, 5.41) is 2.83. The lowest BCUT2D eigenvalue weighted by Crippen LogP contribution is -2.62. The van der Waals surface area contributed by atoms with Crippen molar-refractivity contribution in [2.24, 2.45) is 0 Å². The molecule has 0 bridgehead atoms. The summed E-state index contributed by atoms with van der Waals surface area (Å²) in [6, 6.07) is 5.11. The van der Waals surface area contributed by atoms with Gasteiger partial charge >= 0.3 is 5.97 Å². The van der Waals surface area contributed by atoms with Crippen molar-refractivity contribution >= 4 is 23.3 Å². The number of ether oxygens (including phenoxy) is 1. The van der Waals surface area contributed by atoms with Crippen molar-refractivity contribution < 1.29 is 14.3 Å². The molecule has 6 heteroatoms. The minimum atomic E-state index is -0.783. The molecule has 6 nitrogen and oxygen atoms in total. The van der Waals surface area contributed by atoms with Gasteiger partial charge in [-0.15, -0.1) is 0 Å². The lowest BCUT2D eigenvalue weighted by Gasteiger charge is -2.43. The Bertz CT molecular complexity index is 569. The number of anilines is 2. The molecule has 2 rings (SSSR count). The fourth-order valence-corrected chi connectivity index (χ4v) is 2.53. The maximum absolute atomic E-state index is 12.1. The van der Waals surface area contributed by atoms with Gasteiger partial charge < -0.3 is 20.7 Å². The SMILES string of the molecule is CCOC(=O)c1cccc(N)c1N1CCNC(=O)C1(C)C. The van der Waals surface area contributed by atoms with Gasteiger partial charge in [0.05, 0.1) is 23.5 Å². The van der Waals surface area contributed by atoms with Gasteiger partial charge in [-0.05, 0) is 32.9 Å². The van der Waals surface area contributed by atoms with Gasteiger partial charge in [0.25, 0.3) is 0 Å². The van der Waals surface area contributed by atoms with Crippen LogP contribution in [0.25, 0.3) is 0 Å². The Morgan fingerprint density at radius 3 is 2.86 bits per heavy atom. The van der Waals surface area contributed by atoms with Crippen molar-refractivity contribution in [3.8, 4) is 0 Å². The molecule has 3 N–H and O–H groups in total.